The van der Waals surface area contributed by atoms with Crippen LogP contribution >= 0.6 is 0 Å². The first-order valence-electron chi connectivity index (χ1n) is 4.23. The van der Waals surface area contributed by atoms with E-state index in [-0.39, 0.29) is 29.6 Å². The number of hydrogen-bond acceptors (Lipinski definition) is 0. The SMILES string of the molecule is Cc1ccc2cc(C)ccc2c1.[NaH]. The van der Waals surface area contributed by atoms with E-state index in [4.69, 9.17) is 0 Å². The van der Waals surface area contributed by atoms with E-state index in [0.29, 0.717) is 0 Å². The van der Waals surface area contributed by atoms with Gasteiger partial charge in [0.25, 0.3) is 0 Å². The summed E-state index contributed by atoms with van der Waals surface area (Å²) in [4.78, 5) is 0. The van der Waals surface area contributed by atoms with Crippen molar-refractivity contribution in [1.29, 1.82) is 0 Å². The summed E-state index contributed by atoms with van der Waals surface area (Å²) >= 11 is 0. The van der Waals surface area contributed by atoms with Crippen molar-refractivity contribution < 1.29 is 0 Å². The Hall–Kier alpha value is -0.300. The molecule has 2 aromatic carbocycles. The molecular formula is C12H13Na. The van der Waals surface area contributed by atoms with E-state index < -0.39 is 0 Å². The predicted molar refractivity (Wildman–Crippen MR) is 60.6 cm³/mol. The first kappa shape index (κ1) is 10.8. The van der Waals surface area contributed by atoms with Gasteiger partial charge in [-0.25, -0.2) is 0 Å². The van der Waals surface area contributed by atoms with Crippen LogP contribution in [0, 0.1) is 13.8 Å². The van der Waals surface area contributed by atoms with Crippen molar-refractivity contribution >= 4 is 40.3 Å². The molecule has 0 amide bonds. The number of rotatable bonds is 0. The molecule has 0 N–H and O–H groups in total. The van der Waals surface area contributed by atoms with Crippen LogP contribution in [-0.4, -0.2) is 29.6 Å². The molecule has 0 heterocycles. The van der Waals surface area contributed by atoms with Gasteiger partial charge in [-0.3, -0.25) is 0 Å². The van der Waals surface area contributed by atoms with Crippen LogP contribution in [0.2, 0.25) is 0 Å². The Kier molecular flexibility index (Phi) is 3.55. The van der Waals surface area contributed by atoms with E-state index in [1.807, 2.05) is 0 Å². The molecular weight excluding hydrogens is 167 g/mol. The topological polar surface area (TPSA) is 0 Å². The molecule has 0 fully saturated rings. The van der Waals surface area contributed by atoms with Crippen molar-refractivity contribution in [2.75, 3.05) is 0 Å². The number of benzene rings is 2. The van der Waals surface area contributed by atoms with E-state index in [1.165, 1.54) is 21.9 Å². The molecule has 2 aromatic rings. The summed E-state index contributed by atoms with van der Waals surface area (Å²) < 4.78 is 0. The molecule has 62 valence electrons. The third-order valence-corrected chi connectivity index (χ3v) is 2.15. The van der Waals surface area contributed by atoms with Crippen LogP contribution in [0.4, 0.5) is 0 Å². The van der Waals surface area contributed by atoms with E-state index in [0.717, 1.165) is 0 Å². The Morgan fingerprint density at radius 3 is 1.46 bits per heavy atom. The summed E-state index contributed by atoms with van der Waals surface area (Å²) in [7, 11) is 0. The molecule has 0 nitrogen and oxygen atoms in total. The van der Waals surface area contributed by atoms with Gasteiger partial charge in [0.15, 0.2) is 0 Å². The van der Waals surface area contributed by atoms with Gasteiger partial charge in [-0.1, -0.05) is 47.5 Å². The van der Waals surface area contributed by atoms with Gasteiger partial charge in [0.2, 0.25) is 0 Å². The second-order valence-corrected chi connectivity index (χ2v) is 3.35. The maximum atomic E-state index is 2.22. The summed E-state index contributed by atoms with van der Waals surface area (Å²) in [6, 6.07) is 13.1. The molecule has 13 heavy (non-hydrogen) atoms. The summed E-state index contributed by atoms with van der Waals surface area (Å²) in [5, 5.41) is 2.67. The molecule has 2 rings (SSSR count). The summed E-state index contributed by atoms with van der Waals surface area (Å²) in [6.45, 7) is 4.25. The molecule has 0 radical (unpaired) electrons. The van der Waals surface area contributed by atoms with Gasteiger partial charge in [0.1, 0.15) is 0 Å². The third kappa shape index (κ3) is 2.34. The molecule has 1 heteroatoms. The molecule has 0 unspecified atom stereocenters. The quantitative estimate of drug-likeness (QED) is 0.547. The van der Waals surface area contributed by atoms with Crippen LogP contribution in [0.1, 0.15) is 11.1 Å². The minimum atomic E-state index is 0. The van der Waals surface area contributed by atoms with Crippen LogP contribution in [0.3, 0.4) is 0 Å². The monoisotopic (exact) mass is 180 g/mol. The third-order valence-electron chi connectivity index (χ3n) is 2.15. The second-order valence-electron chi connectivity index (χ2n) is 3.35. The summed E-state index contributed by atoms with van der Waals surface area (Å²) in [5.74, 6) is 0. The Balaban J connectivity index is 0.000000845. The molecule has 0 aliphatic heterocycles. The van der Waals surface area contributed by atoms with Crippen molar-refractivity contribution in [2.24, 2.45) is 0 Å². The molecule has 0 aliphatic rings. The summed E-state index contributed by atoms with van der Waals surface area (Å²) in [6.07, 6.45) is 0. The maximum absolute atomic E-state index is 2.22. The average Bonchev–Trinajstić information content (AvgIpc) is 2.05. The van der Waals surface area contributed by atoms with Crippen LogP contribution in [0.15, 0.2) is 36.4 Å². The second kappa shape index (κ2) is 4.28. The summed E-state index contributed by atoms with van der Waals surface area (Å²) in [5.41, 5.74) is 2.65. The zero-order chi connectivity index (χ0) is 8.55. The standard InChI is InChI=1S/C12H12.Na.H/c1-9-3-5-12-8-10(2)4-6-11(12)7-9;;/h3-8H,1-2H3;;. The van der Waals surface area contributed by atoms with E-state index in [9.17, 15) is 0 Å². The fourth-order valence-electron chi connectivity index (χ4n) is 1.48. The number of hydrogen-bond donors (Lipinski definition) is 0. The first-order chi connectivity index (χ1) is 5.75. The van der Waals surface area contributed by atoms with Gasteiger partial charge in [0, 0.05) is 0 Å². The first-order valence-corrected chi connectivity index (χ1v) is 4.23. The van der Waals surface area contributed by atoms with Crippen molar-refractivity contribution in [1.82, 2.24) is 0 Å². The van der Waals surface area contributed by atoms with E-state index in [2.05, 4.69) is 50.2 Å². The van der Waals surface area contributed by atoms with Gasteiger partial charge in [0.05, 0.1) is 0 Å². The van der Waals surface area contributed by atoms with Gasteiger partial charge in [-0.15, -0.1) is 0 Å². The van der Waals surface area contributed by atoms with Gasteiger partial charge in [-0.05, 0) is 24.6 Å². The van der Waals surface area contributed by atoms with Crippen LogP contribution in [-0.2, 0) is 0 Å². The molecule has 0 saturated heterocycles. The van der Waals surface area contributed by atoms with E-state index >= 15 is 0 Å². The van der Waals surface area contributed by atoms with Crippen molar-refractivity contribution in [3.05, 3.63) is 47.5 Å². The van der Waals surface area contributed by atoms with Crippen molar-refractivity contribution in [2.45, 2.75) is 13.8 Å². The molecule has 0 aliphatic carbocycles. The van der Waals surface area contributed by atoms with Gasteiger partial charge < -0.3 is 0 Å². The van der Waals surface area contributed by atoms with Crippen molar-refractivity contribution in [3.8, 4) is 0 Å². The molecule has 0 atom stereocenters. The Morgan fingerprint density at radius 2 is 1.08 bits per heavy atom. The predicted octanol–water partition coefficient (Wildman–Crippen LogP) is 2.81. The van der Waals surface area contributed by atoms with E-state index in [1.54, 1.807) is 0 Å². The van der Waals surface area contributed by atoms with Crippen molar-refractivity contribution in [3.63, 3.8) is 0 Å². The van der Waals surface area contributed by atoms with Crippen LogP contribution in [0.25, 0.3) is 10.8 Å². The van der Waals surface area contributed by atoms with Gasteiger partial charge >= 0.3 is 29.6 Å². The Labute approximate surface area is 101 Å². The molecule has 0 spiro atoms. The normalized spacial score (nSPS) is 9.69. The fraction of sp³-hybridized carbons (Fsp3) is 0.167. The molecule has 0 aromatic heterocycles. The fourth-order valence-corrected chi connectivity index (χ4v) is 1.48. The Morgan fingerprint density at radius 1 is 0.692 bits per heavy atom. The van der Waals surface area contributed by atoms with Gasteiger partial charge in [-0.2, -0.15) is 0 Å². The average molecular weight is 180 g/mol. The molecule has 0 saturated carbocycles. The van der Waals surface area contributed by atoms with Crippen LogP contribution in [0.5, 0.6) is 0 Å². The zero-order valence-electron chi connectivity index (χ0n) is 7.46. The zero-order valence-corrected chi connectivity index (χ0v) is 7.46. The number of fused-ring (bicyclic) bond motifs is 1. The Bertz CT molecular complexity index is 377. The van der Waals surface area contributed by atoms with Crippen LogP contribution < -0.4 is 0 Å². The molecule has 0 bridgehead atoms. The minimum absolute atomic E-state index is 0. The number of aryl methyl sites for hydroxylation is 2.